The lowest BCUT2D eigenvalue weighted by atomic mass is 9.85. The molecule has 1 aromatic heterocycles. The number of furan rings is 1. The van der Waals surface area contributed by atoms with Gasteiger partial charge in [0.15, 0.2) is 5.88 Å². The van der Waals surface area contributed by atoms with Gasteiger partial charge in [-0.2, -0.15) is 0 Å². The molecule has 8 nitrogen and oxygen atoms in total. The normalized spacial score (nSPS) is 25.5. The molecule has 5 atom stereocenters. The second kappa shape index (κ2) is 11.2. The minimum Gasteiger partial charge on any atom is -0.481 e. The summed E-state index contributed by atoms with van der Waals surface area (Å²) in [5.41, 5.74) is 0. The first kappa shape index (κ1) is 22.4. The molecule has 5 N–H and O–H groups in total. The Morgan fingerprint density at radius 3 is 2.43 bits per heavy atom. The maximum atomic E-state index is 12.0. The van der Waals surface area contributed by atoms with Crippen molar-refractivity contribution in [2.24, 2.45) is 11.8 Å². The van der Waals surface area contributed by atoms with Crippen LogP contribution in [0.25, 0.3) is 0 Å². The third-order valence-corrected chi connectivity index (χ3v) is 5.54. The van der Waals surface area contributed by atoms with Crippen molar-refractivity contribution in [2.75, 3.05) is 5.32 Å². The summed E-state index contributed by atoms with van der Waals surface area (Å²) in [6, 6.07) is 3.21. The van der Waals surface area contributed by atoms with Crippen LogP contribution in [-0.2, 0) is 9.59 Å². The van der Waals surface area contributed by atoms with Gasteiger partial charge in [0.05, 0.1) is 18.5 Å². The smallest absolute Gasteiger partial charge is 0.303 e. The van der Waals surface area contributed by atoms with Gasteiger partial charge in [-0.05, 0) is 50.0 Å². The third kappa shape index (κ3) is 6.92. The molecule has 1 aliphatic carbocycles. The summed E-state index contributed by atoms with van der Waals surface area (Å²) >= 11 is 0. The monoisotopic (exact) mass is 397 g/mol. The SMILES string of the molecule is O=C(O)CCCCCC[C@H]1[C@@H](O)CC(O)[C@@H]1CCC(O)C(=O)Nc1ccco1. The Labute approximate surface area is 164 Å². The molecule has 1 aromatic rings. The Bertz CT molecular complexity index is 604. The first-order valence-electron chi connectivity index (χ1n) is 9.99. The van der Waals surface area contributed by atoms with Crippen molar-refractivity contribution < 1.29 is 34.4 Å². The van der Waals surface area contributed by atoms with E-state index in [1.807, 2.05) is 0 Å². The van der Waals surface area contributed by atoms with Crippen molar-refractivity contribution in [3.63, 3.8) is 0 Å². The molecule has 1 saturated carbocycles. The lowest BCUT2D eigenvalue weighted by Crippen LogP contribution is -2.30. The Hall–Kier alpha value is -1.90. The number of carbonyl (C=O) groups is 2. The highest BCUT2D eigenvalue weighted by molar-refractivity contribution is 5.92. The highest BCUT2D eigenvalue weighted by Gasteiger charge is 2.41. The van der Waals surface area contributed by atoms with Gasteiger partial charge in [-0.25, -0.2) is 0 Å². The quantitative estimate of drug-likeness (QED) is 0.340. The molecule has 1 amide bonds. The molecule has 1 aliphatic rings. The van der Waals surface area contributed by atoms with E-state index in [-0.39, 0.29) is 30.6 Å². The van der Waals surface area contributed by atoms with E-state index in [1.54, 1.807) is 12.1 Å². The number of aliphatic carboxylic acids is 1. The van der Waals surface area contributed by atoms with Crippen molar-refractivity contribution >= 4 is 17.8 Å². The number of hydrogen-bond acceptors (Lipinski definition) is 6. The van der Waals surface area contributed by atoms with Crippen molar-refractivity contribution in [3.05, 3.63) is 18.4 Å². The van der Waals surface area contributed by atoms with Crippen LogP contribution < -0.4 is 5.32 Å². The van der Waals surface area contributed by atoms with Gasteiger partial charge in [0.2, 0.25) is 0 Å². The first-order valence-corrected chi connectivity index (χ1v) is 9.99. The average Bonchev–Trinajstić information content (AvgIpc) is 3.23. The number of carboxylic acids is 1. The molecule has 28 heavy (non-hydrogen) atoms. The van der Waals surface area contributed by atoms with Gasteiger partial charge in [0.25, 0.3) is 5.91 Å². The van der Waals surface area contributed by atoms with Gasteiger partial charge >= 0.3 is 5.97 Å². The summed E-state index contributed by atoms with van der Waals surface area (Å²) in [6.07, 6.45) is 4.03. The molecule has 0 saturated heterocycles. The highest BCUT2D eigenvalue weighted by atomic mass is 16.4. The van der Waals surface area contributed by atoms with Gasteiger partial charge in [0.1, 0.15) is 6.10 Å². The molecular weight excluding hydrogens is 366 g/mol. The van der Waals surface area contributed by atoms with Gasteiger partial charge in [-0.15, -0.1) is 0 Å². The summed E-state index contributed by atoms with van der Waals surface area (Å²) in [5.74, 6) is -1.32. The van der Waals surface area contributed by atoms with E-state index in [1.165, 1.54) is 6.26 Å². The van der Waals surface area contributed by atoms with Crippen LogP contribution in [-0.4, -0.2) is 50.6 Å². The highest BCUT2D eigenvalue weighted by Crippen LogP contribution is 2.39. The Kier molecular flexibility index (Phi) is 8.95. The molecular formula is C20H31NO7. The van der Waals surface area contributed by atoms with Crippen molar-refractivity contribution in [1.82, 2.24) is 0 Å². The van der Waals surface area contributed by atoms with Crippen molar-refractivity contribution in [2.45, 2.75) is 76.1 Å². The maximum absolute atomic E-state index is 12.0. The molecule has 1 heterocycles. The summed E-state index contributed by atoms with van der Waals surface area (Å²) < 4.78 is 5.02. The molecule has 0 spiro atoms. The largest absolute Gasteiger partial charge is 0.481 e. The molecule has 0 radical (unpaired) electrons. The van der Waals surface area contributed by atoms with E-state index in [0.717, 1.165) is 25.7 Å². The fourth-order valence-corrected chi connectivity index (χ4v) is 4.03. The zero-order valence-electron chi connectivity index (χ0n) is 16.0. The molecule has 0 aliphatic heterocycles. The number of rotatable bonds is 12. The zero-order chi connectivity index (χ0) is 20.5. The van der Waals surface area contributed by atoms with E-state index in [0.29, 0.717) is 19.3 Å². The van der Waals surface area contributed by atoms with E-state index < -0.39 is 30.2 Å². The van der Waals surface area contributed by atoms with E-state index in [4.69, 9.17) is 9.52 Å². The fourth-order valence-electron chi connectivity index (χ4n) is 4.03. The van der Waals surface area contributed by atoms with E-state index in [2.05, 4.69) is 5.32 Å². The second-order valence-corrected chi connectivity index (χ2v) is 7.60. The van der Waals surface area contributed by atoms with Crippen LogP contribution in [0, 0.1) is 11.8 Å². The predicted molar refractivity (Wildman–Crippen MR) is 102 cm³/mol. The van der Waals surface area contributed by atoms with Crippen LogP contribution in [0.1, 0.15) is 57.8 Å². The minimum atomic E-state index is -1.22. The number of unbranched alkanes of at least 4 members (excludes halogenated alkanes) is 3. The molecule has 1 fully saturated rings. The summed E-state index contributed by atoms with van der Waals surface area (Å²) in [4.78, 5) is 22.5. The molecule has 0 bridgehead atoms. The lowest BCUT2D eigenvalue weighted by Gasteiger charge is -2.24. The number of carbonyl (C=O) groups excluding carboxylic acids is 1. The number of nitrogens with one attached hydrogen (secondary N) is 1. The summed E-state index contributed by atoms with van der Waals surface area (Å²) in [5, 5.41) is 41.7. The van der Waals surface area contributed by atoms with Crippen molar-refractivity contribution in [1.29, 1.82) is 0 Å². The number of carboxylic acid groups (broad SMARTS) is 1. The Balaban J connectivity index is 1.74. The molecule has 8 heteroatoms. The lowest BCUT2D eigenvalue weighted by molar-refractivity contribution is -0.137. The second-order valence-electron chi connectivity index (χ2n) is 7.60. The number of amides is 1. The topological polar surface area (TPSA) is 140 Å². The van der Waals surface area contributed by atoms with E-state index >= 15 is 0 Å². The number of anilines is 1. The first-order chi connectivity index (χ1) is 13.4. The fraction of sp³-hybridized carbons (Fsp3) is 0.700. The van der Waals surface area contributed by atoms with Crippen LogP contribution in [0.5, 0.6) is 0 Å². The Morgan fingerprint density at radius 1 is 1.11 bits per heavy atom. The van der Waals surface area contributed by atoms with Crippen LogP contribution in [0.15, 0.2) is 22.8 Å². The van der Waals surface area contributed by atoms with E-state index in [9.17, 15) is 24.9 Å². The Morgan fingerprint density at radius 2 is 1.79 bits per heavy atom. The van der Waals surface area contributed by atoms with Gasteiger partial charge in [-0.1, -0.05) is 19.3 Å². The van der Waals surface area contributed by atoms with Crippen LogP contribution in [0.4, 0.5) is 5.88 Å². The summed E-state index contributed by atoms with van der Waals surface area (Å²) in [7, 11) is 0. The number of aliphatic hydroxyl groups excluding tert-OH is 3. The zero-order valence-corrected chi connectivity index (χ0v) is 16.0. The molecule has 2 unspecified atom stereocenters. The molecule has 158 valence electrons. The minimum absolute atomic E-state index is 0.0743. The third-order valence-electron chi connectivity index (χ3n) is 5.54. The maximum Gasteiger partial charge on any atom is 0.303 e. The predicted octanol–water partition coefficient (Wildman–Crippen LogP) is 2.14. The van der Waals surface area contributed by atoms with Gasteiger partial charge in [0, 0.05) is 12.5 Å². The van der Waals surface area contributed by atoms with Crippen molar-refractivity contribution in [3.8, 4) is 0 Å². The summed E-state index contributed by atoms with van der Waals surface area (Å²) in [6.45, 7) is 0. The number of hydrogen-bond donors (Lipinski definition) is 5. The van der Waals surface area contributed by atoms with Crippen LogP contribution in [0.3, 0.4) is 0 Å². The standard InChI is InChI=1S/C20H31NO7/c22-15(20(27)21-18-7-5-11-28-18)10-9-14-13(16(23)12-17(14)24)6-3-1-2-4-8-19(25)26/h5,7,11,13-17,22-24H,1-4,6,8-10,12H2,(H,21,27)(H,25,26)/t13-,14-,15?,16+,17?/m1/s1. The number of aliphatic hydroxyl groups is 3. The van der Waals surface area contributed by atoms with Crippen LogP contribution in [0.2, 0.25) is 0 Å². The van der Waals surface area contributed by atoms with Crippen LogP contribution >= 0.6 is 0 Å². The van der Waals surface area contributed by atoms with Gasteiger partial charge in [-0.3, -0.25) is 14.9 Å². The molecule has 2 rings (SSSR count). The average molecular weight is 397 g/mol. The van der Waals surface area contributed by atoms with Gasteiger partial charge < -0.3 is 24.8 Å². The molecule has 0 aromatic carbocycles.